The quantitative estimate of drug-likeness (QED) is 0.0309. The maximum absolute atomic E-state index is 6.72. The zero-order valence-corrected chi connectivity index (χ0v) is 58.5. The predicted molar refractivity (Wildman–Crippen MR) is 399 cm³/mol. The number of hydrogen-bond donors (Lipinski definition) is 0. The molecule has 0 radical (unpaired) electrons. The van der Waals surface area contributed by atoms with Gasteiger partial charge < -0.3 is 9.47 Å². The summed E-state index contributed by atoms with van der Waals surface area (Å²) in [5.41, 5.74) is 12.7. The number of hydrogen-bond acceptors (Lipinski definition) is 10. The predicted octanol–water partition coefficient (Wildman–Crippen LogP) is 27.6. The molecule has 3 aromatic carbocycles. The molecule has 454 valence electrons. The molecule has 0 atom stereocenters. The van der Waals surface area contributed by atoms with Gasteiger partial charge >= 0.3 is 0 Å². The first-order chi connectivity index (χ1) is 43.3. The summed E-state index contributed by atoms with van der Waals surface area (Å²) in [7, 11) is 0. The lowest BCUT2D eigenvalue weighted by molar-refractivity contribution is 0.296. The van der Waals surface area contributed by atoms with E-state index in [1.165, 1.54) is 140 Å². The maximum Gasteiger partial charge on any atom is 0.127 e. The third-order valence-electron chi connectivity index (χ3n) is 15.9. The maximum atomic E-state index is 6.72. The van der Waals surface area contributed by atoms with Crippen LogP contribution in [-0.4, -0.2) is 13.2 Å². The largest absolute Gasteiger partial charge is 0.493 e. The summed E-state index contributed by atoms with van der Waals surface area (Å²) in [6, 6.07) is 50.8. The van der Waals surface area contributed by atoms with Crippen LogP contribution in [0.5, 0.6) is 11.5 Å². The highest BCUT2D eigenvalue weighted by atomic mass is 32.1. The second-order valence-corrected chi connectivity index (χ2v) is 31.1. The van der Waals surface area contributed by atoms with Crippen molar-refractivity contribution in [1.82, 2.24) is 0 Å². The third-order valence-corrected chi connectivity index (χ3v) is 25.8. The van der Waals surface area contributed by atoms with Crippen LogP contribution in [-0.2, 0) is 25.7 Å². The highest BCUT2D eigenvalue weighted by Gasteiger charge is 2.20. The Morgan fingerprint density at radius 1 is 0.295 bits per heavy atom. The molecule has 0 spiro atoms. The van der Waals surface area contributed by atoms with E-state index in [9.17, 15) is 0 Å². The third kappa shape index (κ3) is 15.9. The van der Waals surface area contributed by atoms with E-state index >= 15 is 0 Å². The Bertz CT molecular complexity index is 3760. The van der Waals surface area contributed by atoms with Crippen molar-refractivity contribution in [1.29, 1.82) is 0 Å². The van der Waals surface area contributed by atoms with Gasteiger partial charge in [0.25, 0.3) is 0 Å². The fraction of sp³-hybridized carbons (Fsp3) is 0.308. The average Bonchev–Trinajstić information content (AvgIpc) is 2.89. The van der Waals surface area contributed by atoms with Gasteiger partial charge in [-0.3, -0.25) is 0 Å². The monoisotopic (exact) mass is 1310 g/mol. The van der Waals surface area contributed by atoms with E-state index in [2.05, 4.69) is 210 Å². The topological polar surface area (TPSA) is 18.5 Å². The molecule has 0 unspecified atom stereocenters. The molecule has 2 nitrogen and oxygen atoms in total. The molecule has 88 heavy (non-hydrogen) atoms. The highest BCUT2D eigenvalue weighted by Crippen LogP contribution is 2.49. The van der Waals surface area contributed by atoms with E-state index in [0.717, 1.165) is 98.0 Å². The van der Waals surface area contributed by atoms with E-state index in [-0.39, 0.29) is 0 Å². The molecular formula is C78H82O2S8. The zero-order valence-electron chi connectivity index (χ0n) is 52.0. The average molecular weight is 1310 g/mol. The van der Waals surface area contributed by atoms with Gasteiger partial charge in [0.2, 0.25) is 0 Å². The first-order valence-corrected chi connectivity index (χ1v) is 38.8. The number of unbranched alkanes of at least 4 members (excludes halogenated alkanes) is 6. The minimum absolute atomic E-state index is 0.681. The number of ether oxygens (including phenoxy) is 2. The molecule has 0 aliphatic carbocycles. The van der Waals surface area contributed by atoms with Crippen LogP contribution in [0.2, 0.25) is 0 Å². The van der Waals surface area contributed by atoms with Crippen LogP contribution in [0.4, 0.5) is 0 Å². The van der Waals surface area contributed by atoms with Crippen molar-refractivity contribution >= 4 is 115 Å². The Morgan fingerprint density at radius 3 is 1.01 bits per heavy atom. The summed E-state index contributed by atoms with van der Waals surface area (Å²) < 4.78 is 13.4. The summed E-state index contributed by atoms with van der Waals surface area (Å²) >= 11 is 15.4. The number of rotatable bonds is 32. The van der Waals surface area contributed by atoms with E-state index in [0.29, 0.717) is 13.2 Å². The Labute approximate surface area is 556 Å². The highest BCUT2D eigenvalue weighted by molar-refractivity contribution is 7.30. The summed E-state index contributed by atoms with van der Waals surface area (Å²) in [6.07, 6.45) is 27.1. The van der Waals surface area contributed by atoms with Crippen molar-refractivity contribution in [2.75, 3.05) is 13.2 Å². The molecule has 10 heteroatoms. The second kappa shape index (κ2) is 31.9. The standard InChI is InChI=1S/C78H82O2S8/c1-7-13-15-17-45-79-63-49-60(34-28-54-25-31-56(32-26-54)74-52-62(22-12-6)78(88-74)72-42-38-68(86-72)66-36-40-70(84-66)76-58(20-10-4)44-48-82-76)64(80-46-18-16-14-8-2)50-59(63)33-27-53-23-29-55(30-24-53)73-51-61(21-11-5)77(87-73)71-41-37-67(85-71)65-35-39-69(83-65)75-57(19-9-3)43-47-81-75/h23-44,47-52H,7-22,45-46H2,1-6H3. The van der Waals surface area contributed by atoms with Gasteiger partial charge in [-0.25, -0.2) is 0 Å². The van der Waals surface area contributed by atoms with Crippen molar-refractivity contribution in [3.63, 3.8) is 0 Å². The van der Waals surface area contributed by atoms with Gasteiger partial charge in [0.15, 0.2) is 0 Å². The van der Waals surface area contributed by atoms with Crippen molar-refractivity contribution < 1.29 is 9.47 Å². The van der Waals surface area contributed by atoms with Crippen molar-refractivity contribution in [3.05, 3.63) is 189 Å². The SMILES string of the molecule is CCCCCCOc1cc(C=Cc2ccc(-c3cc(CCC)c(-c4ccc(-c5ccc(-c6sccc6CCC)s5)s4)s3)cc2)c(OCCCCCC)cc1C=Cc1ccc(-c2cc(CCC)c(-c3ccc(-c4ccc(-c5sccc5CCC)s4)s3)s2)cc1. The lowest BCUT2D eigenvalue weighted by atomic mass is 10.0. The lowest BCUT2D eigenvalue weighted by Gasteiger charge is -2.15. The molecule has 0 N–H and O–H groups in total. The van der Waals surface area contributed by atoms with Gasteiger partial charge in [-0.15, -0.1) is 90.7 Å². The second-order valence-electron chi connectivity index (χ2n) is 22.8. The summed E-state index contributed by atoms with van der Waals surface area (Å²) in [5.74, 6) is 1.78. The minimum Gasteiger partial charge on any atom is -0.493 e. The molecule has 0 aliphatic rings. The van der Waals surface area contributed by atoms with Crippen LogP contribution in [0.3, 0.4) is 0 Å². The van der Waals surface area contributed by atoms with E-state index in [4.69, 9.17) is 9.47 Å². The van der Waals surface area contributed by atoms with Crippen molar-refractivity contribution in [2.45, 2.75) is 144 Å². The molecule has 0 aliphatic heterocycles. The van der Waals surface area contributed by atoms with Crippen molar-refractivity contribution in [3.8, 4) is 90.9 Å². The van der Waals surface area contributed by atoms with E-state index in [1.54, 1.807) is 0 Å². The van der Waals surface area contributed by atoms with E-state index < -0.39 is 0 Å². The lowest BCUT2D eigenvalue weighted by Crippen LogP contribution is -2.03. The molecule has 0 saturated carbocycles. The van der Waals surface area contributed by atoms with Crippen molar-refractivity contribution in [2.24, 2.45) is 0 Å². The molecular weight excluding hydrogens is 1230 g/mol. The number of aryl methyl sites for hydroxylation is 4. The van der Waals surface area contributed by atoms with Crippen LogP contribution in [0.15, 0.2) is 144 Å². The van der Waals surface area contributed by atoms with Gasteiger partial charge in [0, 0.05) is 79.4 Å². The normalized spacial score (nSPS) is 11.8. The van der Waals surface area contributed by atoms with Crippen LogP contribution in [0.1, 0.15) is 163 Å². The molecule has 11 rings (SSSR count). The van der Waals surface area contributed by atoms with Crippen LogP contribution in [0, 0.1) is 0 Å². The molecule has 11 aromatic rings. The Balaban J connectivity index is 0.812. The fourth-order valence-corrected chi connectivity index (χ4v) is 20.5. The number of thiophene rings is 8. The Morgan fingerprint density at radius 2 is 0.648 bits per heavy atom. The first-order valence-electron chi connectivity index (χ1n) is 32.1. The van der Waals surface area contributed by atoms with E-state index in [1.807, 2.05) is 90.7 Å². The van der Waals surface area contributed by atoms with Gasteiger partial charge in [0.1, 0.15) is 11.5 Å². The van der Waals surface area contributed by atoms with Gasteiger partial charge in [-0.1, -0.05) is 179 Å². The zero-order chi connectivity index (χ0) is 60.6. The molecule has 0 bridgehead atoms. The van der Waals surface area contributed by atoms with Gasteiger partial charge in [-0.05, 0) is 179 Å². The molecule has 8 aromatic heterocycles. The van der Waals surface area contributed by atoms with Crippen LogP contribution in [0.25, 0.3) is 104 Å². The first kappa shape index (κ1) is 63.9. The fourth-order valence-electron chi connectivity index (χ4n) is 11.3. The van der Waals surface area contributed by atoms with Crippen LogP contribution >= 0.6 is 90.7 Å². The Hall–Kier alpha value is -5.66. The molecule has 0 fully saturated rings. The molecule has 0 amide bonds. The molecule has 8 heterocycles. The minimum atomic E-state index is 0.681. The van der Waals surface area contributed by atoms with Gasteiger partial charge in [0.05, 0.1) is 13.2 Å². The smallest absolute Gasteiger partial charge is 0.127 e. The summed E-state index contributed by atoms with van der Waals surface area (Å²) in [6.45, 7) is 15.0. The molecule has 0 saturated heterocycles. The number of benzene rings is 3. The van der Waals surface area contributed by atoms with Gasteiger partial charge in [-0.2, -0.15) is 0 Å². The summed E-state index contributed by atoms with van der Waals surface area (Å²) in [5, 5.41) is 4.50. The summed E-state index contributed by atoms with van der Waals surface area (Å²) in [4.78, 5) is 19.3. The van der Waals surface area contributed by atoms with Crippen LogP contribution < -0.4 is 9.47 Å². The Kier molecular flexibility index (Phi) is 23.1.